The van der Waals surface area contributed by atoms with Crippen molar-refractivity contribution in [1.29, 1.82) is 0 Å². The molecule has 0 aromatic heterocycles. The van der Waals surface area contributed by atoms with Gasteiger partial charge in [-0.3, -0.25) is 0 Å². The highest BCUT2D eigenvalue weighted by molar-refractivity contribution is 6.32. The molecule has 1 aromatic rings. The molecular formula is C13H18ClNO3. The molecule has 18 heavy (non-hydrogen) atoms. The third-order valence-corrected chi connectivity index (χ3v) is 3.40. The Bertz CT molecular complexity index is 446. The summed E-state index contributed by atoms with van der Waals surface area (Å²) in [6.07, 6.45) is 0.203. The van der Waals surface area contributed by atoms with Gasteiger partial charge in [-0.2, -0.15) is 0 Å². The normalized spacial score (nSPS) is 10.1. The Balaban J connectivity index is 2.87. The molecule has 1 rings (SSSR count). The average molecular weight is 272 g/mol. The monoisotopic (exact) mass is 271 g/mol. The van der Waals surface area contributed by atoms with Gasteiger partial charge < -0.3 is 14.8 Å². The Morgan fingerprint density at radius 2 is 2.06 bits per heavy atom. The maximum absolute atomic E-state index is 11.0. The van der Waals surface area contributed by atoms with E-state index < -0.39 is 6.09 Å². The summed E-state index contributed by atoms with van der Waals surface area (Å²) in [7, 11) is 2.96. The molecule has 0 unspecified atom stereocenters. The molecule has 0 fully saturated rings. The number of carbonyl (C=O) groups excluding carboxylic acids is 1. The van der Waals surface area contributed by atoms with Crippen LogP contribution in [0.1, 0.15) is 16.7 Å². The molecule has 1 aromatic carbocycles. The van der Waals surface area contributed by atoms with E-state index in [1.54, 1.807) is 7.11 Å². The van der Waals surface area contributed by atoms with Crippen molar-refractivity contribution in [2.75, 3.05) is 20.8 Å². The standard InChI is InChI=1S/C13H18ClNO3/c1-8-7-11(17-3)10(9(2)12(8)14)5-6-15-13(16)18-4/h7H,5-6H2,1-4H3,(H,15,16). The van der Waals surface area contributed by atoms with Gasteiger partial charge in [-0.05, 0) is 37.5 Å². The van der Waals surface area contributed by atoms with Gasteiger partial charge in [-0.1, -0.05) is 11.6 Å². The Hall–Kier alpha value is -1.42. The number of hydrogen-bond acceptors (Lipinski definition) is 3. The smallest absolute Gasteiger partial charge is 0.406 e. The van der Waals surface area contributed by atoms with E-state index in [0.717, 1.165) is 27.5 Å². The molecule has 5 heteroatoms. The zero-order valence-electron chi connectivity index (χ0n) is 11.1. The van der Waals surface area contributed by atoms with Crippen LogP contribution in [0.25, 0.3) is 0 Å². The lowest BCUT2D eigenvalue weighted by Crippen LogP contribution is -2.25. The maximum Gasteiger partial charge on any atom is 0.406 e. The fourth-order valence-corrected chi connectivity index (χ4v) is 1.98. The van der Waals surface area contributed by atoms with Crippen molar-refractivity contribution in [2.24, 2.45) is 0 Å². The summed E-state index contributed by atoms with van der Waals surface area (Å²) < 4.78 is 9.85. The van der Waals surface area contributed by atoms with E-state index in [1.807, 2.05) is 19.9 Å². The fourth-order valence-electron chi connectivity index (χ4n) is 1.81. The highest BCUT2D eigenvalue weighted by Crippen LogP contribution is 2.31. The molecule has 0 atom stereocenters. The van der Waals surface area contributed by atoms with Gasteiger partial charge in [0, 0.05) is 17.1 Å². The van der Waals surface area contributed by atoms with Crippen LogP contribution in [0.3, 0.4) is 0 Å². The summed E-state index contributed by atoms with van der Waals surface area (Å²) in [5, 5.41) is 3.37. The van der Waals surface area contributed by atoms with E-state index >= 15 is 0 Å². The minimum Gasteiger partial charge on any atom is -0.496 e. The van der Waals surface area contributed by atoms with Crippen LogP contribution >= 0.6 is 11.6 Å². The van der Waals surface area contributed by atoms with Crippen molar-refractivity contribution in [1.82, 2.24) is 5.32 Å². The van der Waals surface area contributed by atoms with Crippen LogP contribution in [-0.2, 0) is 11.2 Å². The molecule has 0 heterocycles. The molecule has 0 radical (unpaired) electrons. The van der Waals surface area contributed by atoms with Crippen molar-refractivity contribution >= 4 is 17.7 Å². The Kier molecular flexibility index (Phi) is 5.28. The molecule has 0 aliphatic carbocycles. The number of alkyl carbamates (subject to hydrolysis) is 1. The second-order valence-corrected chi connectivity index (χ2v) is 4.36. The van der Waals surface area contributed by atoms with Crippen molar-refractivity contribution in [2.45, 2.75) is 20.3 Å². The second kappa shape index (κ2) is 6.50. The largest absolute Gasteiger partial charge is 0.496 e. The van der Waals surface area contributed by atoms with Gasteiger partial charge in [0.2, 0.25) is 0 Å². The van der Waals surface area contributed by atoms with Gasteiger partial charge in [-0.25, -0.2) is 4.79 Å². The Labute approximate surface area is 112 Å². The summed E-state index contributed by atoms with van der Waals surface area (Å²) in [5.74, 6) is 0.793. The van der Waals surface area contributed by atoms with E-state index in [-0.39, 0.29) is 0 Å². The molecule has 0 bridgehead atoms. The molecule has 0 aliphatic rings. The number of halogens is 1. The minimum absolute atomic E-state index is 0.440. The van der Waals surface area contributed by atoms with Crippen LogP contribution in [0.5, 0.6) is 5.75 Å². The van der Waals surface area contributed by atoms with Gasteiger partial charge in [-0.15, -0.1) is 0 Å². The lowest BCUT2D eigenvalue weighted by Gasteiger charge is -2.15. The third-order valence-electron chi connectivity index (χ3n) is 2.82. The van der Waals surface area contributed by atoms with Gasteiger partial charge in [0.25, 0.3) is 0 Å². The SMILES string of the molecule is COC(=O)NCCc1c(OC)cc(C)c(Cl)c1C. The van der Waals surface area contributed by atoms with Crippen molar-refractivity contribution in [3.05, 3.63) is 27.8 Å². The van der Waals surface area contributed by atoms with Gasteiger partial charge in [0.05, 0.1) is 14.2 Å². The lowest BCUT2D eigenvalue weighted by molar-refractivity contribution is 0.171. The molecule has 0 saturated heterocycles. The Morgan fingerprint density at radius 1 is 1.39 bits per heavy atom. The number of amides is 1. The van der Waals surface area contributed by atoms with Gasteiger partial charge in [0.1, 0.15) is 5.75 Å². The predicted molar refractivity (Wildman–Crippen MR) is 71.6 cm³/mol. The highest BCUT2D eigenvalue weighted by Gasteiger charge is 2.12. The quantitative estimate of drug-likeness (QED) is 0.916. The molecule has 100 valence electrons. The summed E-state index contributed by atoms with van der Waals surface area (Å²) >= 11 is 6.21. The zero-order chi connectivity index (χ0) is 13.7. The molecule has 1 N–H and O–H groups in total. The summed E-state index contributed by atoms with van der Waals surface area (Å²) in [6, 6.07) is 1.91. The number of benzene rings is 1. The van der Waals surface area contributed by atoms with E-state index in [0.29, 0.717) is 13.0 Å². The summed E-state index contributed by atoms with van der Waals surface area (Å²) in [6.45, 7) is 4.36. The number of ether oxygens (including phenoxy) is 2. The molecule has 4 nitrogen and oxygen atoms in total. The topological polar surface area (TPSA) is 47.6 Å². The number of nitrogens with one attached hydrogen (secondary N) is 1. The van der Waals surface area contributed by atoms with Gasteiger partial charge in [0.15, 0.2) is 0 Å². The van der Waals surface area contributed by atoms with Crippen LogP contribution in [0.2, 0.25) is 5.02 Å². The van der Waals surface area contributed by atoms with Crippen molar-refractivity contribution in [3.63, 3.8) is 0 Å². The van der Waals surface area contributed by atoms with Crippen molar-refractivity contribution in [3.8, 4) is 5.75 Å². The summed E-state index contributed by atoms with van der Waals surface area (Å²) in [4.78, 5) is 11.0. The van der Waals surface area contributed by atoms with Crippen LogP contribution in [0.15, 0.2) is 6.07 Å². The lowest BCUT2D eigenvalue weighted by atomic mass is 10.0. The molecule has 0 saturated carbocycles. The first-order chi connectivity index (χ1) is 8.51. The summed E-state index contributed by atoms with van der Waals surface area (Å²) in [5.41, 5.74) is 2.97. The first kappa shape index (κ1) is 14.6. The third kappa shape index (κ3) is 3.29. The number of hydrogen-bond donors (Lipinski definition) is 1. The van der Waals surface area contributed by atoms with E-state index in [2.05, 4.69) is 10.1 Å². The molecule has 0 aliphatic heterocycles. The second-order valence-electron chi connectivity index (χ2n) is 3.98. The minimum atomic E-state index is -0.440. The number of methoxy groups -OCH3 is 2. The van der Waals surface area contributed by atoms with Crippen LogP contribution < -0.4 is 10.1 Å². The first-order valence-electron chi connectivity index (χ1n) is 5.65. The average Bonchev–Trinajstić information content (AvgIpc) is 2.37. The zero-order valence-corrected chi connectivity index (χ0v) is 11.9. The van der Waals surface area contributed by atoms with E-state index in [1.165, 1.54) is 7.11 Å². The van der Waals surface area contributed by atoms with Crippen molar-refractivity contribution < 1.29 is 14.3 Å². The van der Waals surface area contributed by atoms with Crippen LogP contribution in [-0.4, -0.2) is 26.9 Å². The van der Waals surface area contributed by atoms with Gasteiger partial charge >= 0.3 is 6.09 Å². The van der Waals surface area contributed by atoms with E-state index in [4.69, 9.17) is 16.3 Å². The molecule has 1 amide bonds. The maximum atomic E-state index is 11.0. The first-order valence-corrected chi connectivity index (χ1v) is 6.03. The molecular weight excluding hydrogens is 254 g/mol. The van der Waals surface area contributed by atoms with Crippen LogP contribution in [0.4, 0.5) is 4.79 Å². The number of rotatable bonds is 4. The highest BCUT2D eigenvalue weighted by atomic mass is 35.5. The molecule has 0 spiro atoms. The fraction of sp³-hybridized carbons (Fsp3) is 0.462. The van der Waals surface area contributed by atoms with E-state index in [9.17, 15) is 4.79 Å². The number of aryl methyl sites for hydroxylation is 1. The Morgan fingerprint density at radius 3 is 2.61 bits per heavy atom. The predicted octanol–water partition coefficient (Wildman–Crippen LogP) is 2.86. The van der Waals surface area contributed by atoms with Crippen LogP contribution in [0, 0.1) is 13.8 Å². The number of carbonyl (C=O) groups is 1.